The Morgan fingerprint density at radius 3 is 2.45 bits per heavy atom. The summed E-state index contributed by atoms with van der Waals surface area (Å²) < 4.78 is 0. The number of pyridine rings is 1. The highest BCUT2D eigenvalue weighted by Crippen LogP contribution is 2.21. The van der Waals surface area contributed by atoms with Gasteiger partial charge in [-0.15, -0.1) is 0 Å². The Kier molecular flexibility index (Phi) is 3.96. The van der Waals surface area contributed by atoms with Crippen LogP contribution in [0.15, 0.2) is 36.5 Å². The number of amides is 1. The molecule has 1 heterocycles. The molecule has 0 radical (unpaired) electrons. The normalized spacial score (nSPS) is 9.65. The van der Waals surface area contributed by atoms with Crippen molar-refractivity contribution >= 4 is 23.1 Å². The summed E-state index contributed by atoms with van der Waals surface area (Å²) in [5, 5.41) is 14.9. The fraction of sp³-hybridized carbons (Fsp3) is 0.133. The topological polar surface area (TPSA) is 77.8 Å². The molecule has 2 rings (SSSR count). The first-order chi connectivity index (χ1) is 9.60. The minimum absolute atomic E-state index is 0.113. The summed E-state index contributed by atoms with van der Waals surface area (Å²) in [6, 6.07) is 11.1. The summed E-state index contributed by atoms with van der Waals surface area (Å²) in [4.78, 5) is 15.1. The second kappa shape index (κ2) is 5.85. The number of carbonyl (C=O) groups excluding carboxylic acids is 1. The van der Waals surface area contributed by atoms with Crippen LogP contribution in [0.5, 0.6) is 0 Å². The third-order valence-electron chi connectivity index (χ3n) is 2.74. The Morgan fingerprint density at radius 1 is 1.20 bits per heavy atom. The van der Waals surface area contributed by atoms with E-state index >= 15 is 0 Å². The van der Waals surface area contributed by atoms with Crippen LogP contribution in [0.3, 0.4) is 0 Å². The van der Waals surface area contributed by atoms with Gasteiger partial charge in [-0.25, -0.2) is 4.98 Å². The van der Waals surface area contributed by atoms with Crippen molar-refractivity contribution in [3.63, 3.8) is 0 Å². The van der Waals surface area contributed by atoms with Gasteiger partial charge >= 0.3 is 0 Å². The van der Waals surface area contributed by atoms with Crippen molar-refractivity contribution in [2.75, 3.05) is 10.6 Å². The first-order valence-electron chi connectivity index (χ1n) is 6.10. The molecule has 0 fully saturated rings. The number of hydrogen-bond donors (Lipinski definition) is 2. The highest BCUT2D eigenvalue weighted by Gasteiger charge is 2.06. The van der Waals surface area contributed by atoms with Crippen molar-refractivity contribution < 1.29 is 4.79 Å². The highest BCUT2D eigenvalue weighted by molar-refractivity contribution is 5.88. The van der Waals surface area contributed by atoms with E-state index in [0.717, 1.165) is 16.9 Å². The number of nitriles is 1. The maximum Gasteiger partial charge on any atom is 0.221 e. The van der Waals surface area contributed by atoms with Crippen molar-refractivity contribution in [2.24, 2.45) is 0 Å². The van der Waals surface area contributed by atoms with E-state index < -0.39 is 0 Å². The molecule has 1 aromatic heterocycles. The second-order valence-corrected chi connectivity index (χ2v) is 4.35. The molecule has 0 spiro atoms. The number of carbonyl (C=O) groups is 1. The number of hydrogen-bond acceptors (Lipinski definition) is 4. The molecule has 0 atom stereocenters. The van der Waals surface area contributed by atoms with Gasteiger partial charge in [-0.1, -0.05) is 0 Å². The number of nitrogens with zero attached hydrogens (tertiary/aromatic N) is 2. The zero-order valence-electron chi connectivity index (χ0n) is 11.3. The number of aryl methyl sites for hydroxylation is 1. The van der Waals surface area contributed by atoms with Crippen LogP contribution in [0, 0.1) is 18.3 Å². The molecule has 5 heteroatoms. The van der Waals surface area contributed by atoms with Crippen LogP contribution in [0.25, 0.3) is 0 Å². The van der Waals surface area contributed by atoms with Crippen molar-refractivity contribution in [3.8, 4) is 6.07 Å². The van der Waals surface area contributed by atoms with Crippen molar-refractivity contribution in [1.29, 1.82) is 5.26 Å². The predicted octanol–water partition coefficient (Wildman–Crippen LogP) is 2.96. The summed E-state index contributed by atoms with van der Waals surface area (Å²) in [7, 11) is 0. The lowest BCUT2D eigenvalue weighted by Gasteiger charge is -2.09. The fourth-order valence-electron chi connectivity index (χ4n) is 1.77. The van der Waals surface area contributed by atoms with Crippen LogP contribution in [0.4, 0.5) is 17.2 Å². The van der Waals surface area contributed by atoms with Crippen LogP contribution < -0.4 is 10.6 Å². The lowest BCUT2D eigenvalue weighted by Crippen LogP contribution is -2.05. The molecule has 5 nitrogen and oxygen atoms in total. The lowest BCUT2D eigenvalue weighted by molar-refractivity contribution is -0.114. The average Bonchev–Trinajstić information content (AvgIpc) is 2.41. The van der Waals surface area contributed by atoms with E-state index in [1.807, 2.05) is 19.1 Å². The van der Waals surface area contributed by atoms with E-state index in [4.69, 9.17) is 5.26 Å². The molecule has 0 saturated heterocycles. The zero-order chi connectivity index (χ0) is 14.5. The van der Waals surface area contributed by atoms with Gasteiger partial charge in [-0.2, -0.15) is 5.26 Å². The molecule has 20 heavy (non-hydrogen) atoms. The SMILES string of the molecule is CC(=O)Nc1ccc(Nc2nccc(C)c2C#N)cc1. The van der Waals surface area contributed by atoms with Gasteiger partial charge in [0.25, 0.3) is 0 Å². The molecule has 2 N–H and O–H groups in total. The molecule has 0 aliphatic heterocycles. The third-order valence-corrected chi connectivity index (χ3v) is 2.74. The van der Waals surface area contributed by atoms with E-state index in [1.165, 1.54) is 6.92 Å². The minimum Gasteiger partial charge on any atom is -0.339 e. The van der Waals surface area contributed by atoms with Crippen molar-refractivity contribution in [1.82, 2.24) is 4.98 Å². The number of nitrogens with one attached hydrogen (secondary N) is 2. The van der Waals surface area contributed by atoms with E-state index in [2.05, 4.69) is 21.7 Å². The van der Waals surface area contributed by atoms with Gasteiger partial charge in [0, 0.05) is 24.5 Å². The Balaban J connectivity index is 2.21. The summed E-state index contributed by atoms with van der Waals surface area (Å²) in [6.07, 6.45) is 1.66. The van der Waals surface area contributed by atoms with Gasteiger partial charge in [-0.3, -0.25) is 4.79 Å². The molecule has 0 unspecified atom stereocenters. The molecule has 100 valence electrons. The first-order valence-corrected chi connectivity index (χ1v) is 6.10. The number of rotatable bonds is 3. The summed E-state index contributed by atoms with van der Waals surface area (Å²) in [6.45, 7) is 3.33. The molecule has 0 aliphatic rings. The quantitative estimate of drug-likeness (QED) is 0.895. The zero-order valence-corrected chi connectivity index (χ0v) is 11.3. The summed E-state index contributed by atoms with van der Waals surface area (Å²) >= 11 is 0. The summed E-state index contributed by atoms with van der Waals surface area (Å²) in [5.74, 6) is 0.414. The van der Waals surface area contributed by atoms with E-state index in [1.54, 1.807) is 24.4 Å². The van der Waals surface area contributed by atoms with Crippen LogP contribution in [0.1, 0.15) is 18.1 Å². The molecule has 0 bridgehead atoms. The molecular weight excluding hydrogens is 252 g/mol. The van der Waals surface area contributed by atoms with E-state index in [9.17, 15) is 4.79 Å². The van der Waals surface area contributed by atoms with Gasteiger partial charge in [0.1, 0.15) is 11.9 Å². The largest absolute Gasteiger partial charge is 0.339 e. The molecule has 0 saturated carbocycles. The Hall–Kier alpha value is -2.87. The van der Waals surface area contributed by atoms with Crippen LogP contribution in [-0.2, 0) is 4.79 Å². The molecule has 2 aromatic rings. The minimum atomic E-state index is -0.113. The fourth-order valence-corrected chi connectivity index (χ4v) is 1.77. The molecular formula is C15H14N4O. The lowest BCUT2D eigenvalue weighted by atomic mass is 10.1. The Labute approximate surface area is 117 Å². The maximum absolute atomic E-state index is 10.9. The number of aromatic nitrogens is 1. The third kappa shape index (κ3) is 3.12. The maximum atomic E-state index is 10.9. The molecule has 1 aromatic carbocycles. The monoisotopic (exact) mass is 266 g/mol. The smallest absolute Gasteiger partial charge is 0.221 e. The number of anilines is 3. The Bertz CT molecular complexity index is 671. The van der Waals surface area contributed by atoms with E-state index in [0.29, 0.717) is 11.4 Å². The average molecular weight is 266 g/mol. The van der Waals surface area contributed by atoms with Crippen LogP contribution in [-0.4, -0.2) is 10.9 Å². The predicted molar refractivity (Wildman–Crippen MR) is 77.7 cm³/mol. The van der Waals surface area contributed by atoms with Crippen molar-refractivity contribution in [3.05, 3.63) is 47.7 Å². The number of benzene rings is 1. The van der Waals surface area contributed by atoms with Gasteiger partial charge < -0.3 is 10.6 Å². The Morgan fingerprint density at radius 2 is 1.85 bits per heavy atom. The first kappa shape index (κ1) is 13.6. The van der Waals surface area contributed by atoms with Gasteiger partial charge in [0.15, 0.2) is 0 Å². The van der Waals surface area contributed by atoms with Crippen molar-refractivity contribution in [2.45, 2.75) is 13.8 Å². The highest BCUT2D eigenvalue weighted by atomic mass is 16.1. The van der Waals surface area contributed by atoms with E-state index in [-0.39, 0.29) is 5.91 Å². The molecule has 0 aliphatic carbocycles. The van der Waals surface area contributed by atoms with Gasteiger partial charge in [-0.05, 0) is 42.8 Å². The standard InChI is InChI=1S/C15H14N4O/c1-10-7-8-17-15(14(10)9-16)19-13-5-3-12(4-6-13)18-11(2)20/h3-8H,1-2H3,(H,17,19)(H,18,20). The summed E-state index contributed by atoms with van der Waals surface area (Å²) in [5.41, 5.74) is 2.92. The van der Waals surface area contributed by atoms with Gasteiger partial charge in [0.05, 0.1) is 5.56 Å². The second-order valence-electron chi connectivity index (χ2n) is 4.35. The molecule has 1 amide bonds. The van der Waals surface area contributed by atoms with Crippen LogP contribution >= 0.6 is 0 Å². The van der Waals surface area contributed by atoms with Gasteiger partial charge in [0.2, 0.25) is 5.91 Å². The van der Waals surface area contributed by atoms with Crippen LogP contribution in [0.2, 0.25) is 0 Å².